The Morgan fingerprint density at radius 1 is 1.16 bits per heavy atom. The highest BCUT2D eigenvalue weighted by Crippen LogP contribution is 2.13. The summed E-state index contributed by atoms with van der Waals surface area (Å²) in [6.07, 6.45) is 2.98. The molecule has 0 atom stereocenters. The Hall–Kier alpha value is -1.39. The van der Waals surface area contributed by atoms with Crippen LogP contribution in [0.15, 0.2) is 30.3 Å². The minimum atomic E-state index is -0.142. The van der Waals surface area contributed by atoms with Crippen LogP contribution in [0.5, 0.6) is 0 Å². The Labute approximate surface area is 113 Å². The first-order valence-corrected chi connectivity index (χ1v) is 6.77. The van der Waals surface area contributed by atoms with Gasteiger partial charge in [0.1, 0.15) is 6.61 Å². The zero-order chi connectivity index (χ0) is 13.3. The summed E-state index contributed by atoms with van der Waals surface area (Å²) in [5, 5.41) is 0. The number of hydrogen-bond donors (Lipinski definition) is 0. The second kappa shape index (κ2) is 7.92. The highest BCUT2D eigenvalue weighted by Gasteiger charge is 2.15. The minimum absolute atomic E-state index is 0.0691. The lowest BCUT2D eigenvalue weighted by atomic mass is 10.2. The summed E-state index contributed by atoms with van der Waals surface area (Å²) in [5.41, 5.74) is 1.02. The molecule has 0 amide bonds. The van der Waals surface area contributed by atoms with Crippen molar-refractivity contribution in [3.63, 3.8) is 0 Å². The lowest BCUT2D eigenvalue weighted by molar-refractivity contribution is -0.145. The first-order chi connectivity index (χ1) is 9.34. The van der Waals surface area contributed by atoms with Crippen LogP contribution in [0.25, 0.3) is 0 Å². The van der Waals surface area contributed by atoms with E-state index < -0.39 is 0 Å². The number of carbonyl (C=O) groups is 1. The van der Waals surface area contributed by atoms with Gasteiger partial charge in [0.15, 0.2) is 6.29 Å². The maximum atomic E-state index is 11.5. The molecule has 1 aliphatic heterocycles. The van der Waals surface area contributed by atoms with Gasteiger partial charge in [0, 0.05) is 6.42 Å². The molecule has 0 aliphatic carbocycles. The van der Waals surface area contributed by atoms with Crippen molar-refractivity contribution < 1.29 is 19.0 Å². The van der Waals surface area contributed by atoms with Gasteiger partial charge < -0.3 is 14.2 Å². The van der Waals surface area contributed by atoms with Gasteiger partial charge in [-0.2, -0.15) is 0 Å². The average Bonchev–Trinajstić information content (AvgIpc) is 2.96. The van der Waals surface area contributed by atoms with E-state index >= 15 is 0 Å². The molecule has 4 heteroatoms. The number of rotatable bonds is 7. The Morgan fingerprint density at radius 2 is 1.89 bits per heavy atom. The van der Waals surface area contributed by atoms with Gasteiger partial charge >= 0.3 is 5.97 Å². The highest BCUT2D eigenvalue weighted by molar-refractivity contribution is 5.69. The van der Waals surface area contributed by atoms with E-state index in [4.69, 9.17) is 14.2 Å². The van der Waals surface area contributed by atoms with Crippen molar-refractivity contribution in [2.45, 2.75) is 38.6 Å². The van der Waals surface area contributed by atoms with Gasteiger partial charge in [0.25, 0.3) is 0 Å². The predicted molar refractivity (Wildman–Crippen MR) is 70.4 cm³/mol. The fraction of sp³-hybridized carbons (Fsp3) is 0.533. The van der Waals surface area contributed by atoms with Crippen molar-refractivity contribution >= 4 is 5.97 Å². The quantitative estimate of drug-likeness (QED) is 0.561. The second-order valence-corrected chi connectivity index (χ2v) is 4.56. The number of hydrogen-bond acceptors (Lipinski definition) is 4. The largest absolute Gasteiger partial charge is 0.461 e. The molecule has 19 heavy (non-hydrogen) atoms. The Morgan fingerprint density at radius 3 is 2.63 bits per heavy atom. The Kier molecular flexibility index (Phi) is 5.85. The highest BCUT2D eigenvalue weighted by atomic mass is 16.7. The van der Waals surface area contributed by atoms with Crippen molar-refractivity contribution in [1.82, 2.24) is 0 Å². The molecule has 0 aromatic heterocycles. The first-order valence-electron chi connectivity index (χ1n) is 6.77. The van der Waals surface area contributed by atoms with E-state index in [9.17, 15) is 4.79 Å². The van der Waals surface area contributed by atoms with E-state index in [1.54, 1.807) is 0 Å². The normalized spacial score (nSPS) is 15.6. The minimum Gasteiger partial charge on any atom is -0.461 e. The molecular weight excluding hydrogens is 244 g/mol. The van der Waals surface area contributed by atoms with Gasteiger partial charge in [-0.05, 0) is 24.8 Å². The fourth-order valence-corrected chi connectivity index (χ4v) is 1.96. The van der Waals surface area contributed by atoms with Crippen molar-refractivity contribution in [2.24, 2.45) is 0 Å². The average molecular weight is 264 g/mol. The predicted octanol–water partition coefficient (Wildman–Crippen LogP) is 2.66. The fourth-order valence-electron chi connectivity index (χ4n) is 1.96. The molecule has 0 N–H and O–H groups in total. The molecule has 4 nitrogen and oxygen atoms in total. The summed E-state index contributed by atoms with van der Waals surface area (Å²) in [4.78, 5) is 11.5. The molecule has 0 bridgehead atoms. The van der Waals surface area contributed by atoms with Gasteiger partial charge in [-0.3, -0.25) is 4.79 Å². The number of benzene rings is 1. The maximum absolute atomic E-state index is 11.5. The van der Waals surface area contributed by atoms with Gasteiger partial charge in [-0.1, -0.05) is 30.3 Å². The van der Waals surface area contributed by atoms with Crippen LogP contribution in [0.1, 0.15) is 31.2 Å². The van der Waals surface area contributed by atoms with Crippen molar-refractivity contribution in [1.29, 1.82) is 0 Å². The molecule has 1 aliphatic rings. The van der Waals surface area contributed by atoms with Crippen LogP contribution in [-0.2, 0) is 25.6 Å². The van der Waals surface area contributed by atoms with Crippen molar-refractivity contribution in [3.8, 4) is 0 Å². The van der Waals surface area contributed by atoms with Gasteiger partial charge in [0.2, 0.25) is 0 Å². The third-order valence-corrected chi connectivity index (χ3v) is 3.00. The topological polar surface area (TPSA) is 44.8 Å². The summed E-state index contributed by atoms with van der Waals surface area (Å²) >= 11 is 0. The zero-order valence-corrected chi connectivity index (χ0v) is 11.0. The molecule has 0 spiro atoms. The monoisotopic (exact) mass is 264 g/mol. The van der Waals surface area contributed by atoms with Crippen LogP contribution in [0, 0.1) is 0 Å². The summed E-state index contributed by atoms with van der Waals surface area (Å²) in [6.45, 7) is 1.72. The molecule has 1 heterocycles. The lowest BCUT2D eigenvalue weighted by Gasteiger charge is -2.08. The van der Waals surface area contributed by atoms with Crippen molar-refractivity contribution in [3.05, 3.63) is 35.9 Å². The summed E-state index contributed by atoms with van der Waals surface area (Å²) in [7, 11) is 0. The van der Waals surface area contributed by atoms with Gasteiger partial charge in [-0.25, -0.2) is 0 Å². The molecule has 0 unspecified atom stereocenters. The Balaban J connectivity index is 1.52. The van der Waals surface area contributed by atoms with Crippen LogP contribution in [0.3, 0.4) is 0 Å². The molecule has 1 saturated heterocycles. The Bertz CT molecular complexity index is 371. The van der Waals surface area contributed by atoms with E-state index in [1.807, 2.05) is 30.3 Å². The number of unbranched alkanes of at least 4 members (excludes halogenated alkanes) is 1. The molecule has 2 rings (SSSR count). The number of carbonyl (C=O) groups excluding carboxylic acids is 1. The van der Waals surface area contributed by atoms with Crippen LogP contribution in [0.4, 0.5) is 0 Å². The van der Waals surface area contributed by atoms with E-state index in [0.717, 1.165) is 24.8 Å². The van der Waals surface area contributed by atoms with Crippen LogP contribution >= 0.6 is 0 Å². The zero-order valence-electron chi connectivity index (χ0n) is 11.0. The molecule has 1 aromatic rings. The van der Waals surface area contributed by atoms with Crippen molar-refractivity contribution in [2.75, 3.05) is 13.2 Å². The summed E-state index contributed by atoms with van der Waals surface area (Å²) < 4.78 is 15.9. The van der Waals surface area contributed by atoms with Crippen LogP contribution in [0.2, 0.25) is 0 Å². The standard InChI is InChI=1S/C15H20O4/c16-14(19-12-13-6-2-1-3-7-13)8-4-5-9-15-17-10-11-18-15/h1-3,6-7,15H,4-5,8-12H2. The van der Waals surface area contributed by atoms with Gasteiger partial charge in [0.05, 0.1) is 13.2 Å². The summed E-state index contributed by atoms with van der Waals surface area (Å²) in [5.74, 6) is -0.142. The molecule has 0 saturated carbocycles. The van der Waals surface area contributed by atoms with Crippen LogP contribution in [-0.4, -0.2) is 25.5 Å². The van der Waals surface area contributed by atoms with Gasteiger partial charge in [-0.15, -0.1) is 0 Å². The lowest BCUT2D eigenvalue weighted by Crippen LogP contribution is -2.08. The number of ether oxygens (including phenoxy) is 3. The van der Waals surface area contributed by atoms with Crippen LogP contribution < -0.4 is 0 Å². The summed E-state index contributed by atoms with van der Waals surface area (Å²) in [6, 6.07) is 9.71. The smallest absolute Gasteiger partial charge is 0.306 e. The van der Waals surface area contributed by atoms with E-state index in [2.05, 4.69) is 0 Å². The first kappa shape index (κ1) is 14.0. The third kappa shape index (κ3) is 5.41. The molecular formula is C15H20O4. The van der Waals surface area contributed by atoms with E-state index in [0.29, 0.717) is 26.2 Å². The number of esters is 1. The molecule has 1 aromatic carbocycles. The van der Waals surface area contributed by atoms with E-state index in [-0.39, 0.29) is 12.3 Å². The molecule has 104 valence electrons. The maximum Gasteiger partial charge on any atom is 0.306 e. The molecule has 0 radical (unpaired) electrons. The van der Waals surface area contributed by atoms with E-state index in [1.165, 1.54) is 0 Å². The molecule has 1 fully saturated rings. The third-order valence-electron chi connectivity index (χ3n) is 3.00. The second-order valence-electron chi connectivity index (χ2n) is 4.56. The SMILES string of the molecule is O=C(CCCCC1OCCO1)OCc1ccccc1.